The van der Waals surface area contributed by atoms with Gasteiger partial charge in [-0.1, -0.05) is 18.5 Å². The van der Waals surface area contributed by atoms with E-state index in [1.807, 2.05) is 45.2 Å². The van der Waals surface area contributed by atoms with Crippen LogP contribution in [0.5, 0.6) is 0 Å². The summed E-state index contributed by atoms with van der Waals surface area (Å²) in [5.74, 6) is -0.227. The summed E-state index contributed by atoms with van der Waals surface area (Å²) < 4.78 is 0. The lowest BCUT2D eigenvalue weighted by molar-refractivity contribution is -0.129. The van der Waals surface area contributed by atoms with Gasteiger partial charge in [-0.3, -0.25) is 9.59 Å². The highest BCUT2D eigenvalue weighted by Gasteiger charge is 2.35. The average molecular weight is 376 g/mol. The Kier molecular flexibility index (Phi) is 5.28. The van der Waals surface area contributed by atoms with Crippen molar-refractivity contribution in [2.45, 2.75) is 45.6 Å². The van der Waals surface area contributed by atoms with Crippen LogP contribution < -0.4 is 5.32 Å². The lowest BCUT2D eigenvalue weighted by Gasteiger charge is -2.26. The number of carbonyl (C=O) groups is 2. The molecule has 1 fully saturated rings. The number of halogens is 1. The van der Waals surface area contributed by atoms with Crippen molar-refractivity contribution in [1.29, 1.82) is 0 Å². The van der Waals surface area contributed by atoms with E-state index in [4.69, 9.17) is 11.6 Å². The second-order valence-corrected chi connectivity index (χ2v) is 8.16. The minimum Gasteiger partial charge on any atom is -0.361 e. The van der Waals surface area contributed by atoms with Crippen molar-refractivity contribution in [1.82, 2.24) is 15.2 Å². The molecule has 1 unspecified atom stereocenters. The van der Waals surface area contributed by atoms with Gasteiger partial charge in [-0.15, -0.1) is 0 Å². The zero-order valence-electron chi connectivity index (χ0n) is 15.6. The lowest BCUT2D eigenvalue weighted by atomic mass is 9.99. The van der Waals surface area contributed by atoms with E-state index >= 15 is 0 Å². The molecule has 2 amide bonds. The maximum atomic E-state index is 12.4. The van der Waals surface area contributed by atoms with Gasteiger partial charge in [0.1, 0.15) is 0 Å². The SMILES string of the molecule is CCC(C)(C)NC(=O)C1CC(=O)N(CCc2c[nH]c3ccc(Cl)cc23)C1. The molecule has 1 aliphatic heterocycles. The molecule has 0 spiro atoms. The van der Waals surface area contributed by atoms with E-state index < -0.39 is 0 Å². The van der Waals surface area contributed by atoms with Gasteiger partial charge in [-0.25, -0.2) is 0 Å². The molecule has 140 valence electrons. The fourth-order valence-corrected chi connectivity index (χ4v) is 3.47. The molecule has 0 saturated carbocycles. The quantitative estimate of drug-likeness (QED) is 0.811. The second kappa shape index (κ2) is 7.31. The second-order valence-electron chi connectivity index (χ2n) is 7.72. The van der Waals surface area contributed by atoms with Crippen LogP contribution in [0.4, 0.5) is 0 Å². The Morgan fingerprint density at radius 3 is 2.92 bits per heavy atom. The number of likely N-dealkylation sites (tertiary alicyclic amines) is 1. The number of hydrogen-bond donors (Lipinski definition) is 2. The van der Waals surface area contributed by atoms with Gasteiger partial charge in [0.05, 0.1) is 5.92 Å². The number of nitrogens with one attached hydrogen (secondary N) is 2. The number of carbonyl (C=O) groups excluding carboxylic acids is 2. The van der Waals surface area contributed by atoms with E-state index in [9.17, 15) is 9.59 Å². The van der Waals surface area contributed by atoms with Gasteiger partial charge in [-0.2, -0.15) is 0 Å². The Balaban J connectivity index is 1.61. The highest BCUT2D eigenvalue weighted by Crippen LogP contribution is 2.24. The van der Waals surface area contributed by atoms with Crippen LogP contribution in [-0.2, 0) is 16.0 Å². The molecule has 1 atom stereocenters. The first kappa shape index (κ1) is 18.8. The summed E-state index contributed by atoms with van der Waals surface area (Å²) >= 11 is 6.09. The number of rotatable bonds is 6. The van der Waals surface area contributed by atoms with Crippen molar-refractivity contribution in [3.05, 3.63) is 35.0 Å². The summed E-state index contributed by atoms with van der Waals surface area (Å²) in [5.41, 5.74) is 1.93. The highest BCUT2D eigenvalue weighted by atomic mass is 35.5. The first-order chi connectivity index (χ1) is 12.3. The third-order valence-electron chi connectivity index (χ3n) is 5.31. The molecule has 6 heteroatoms. The van der Waals surface area contributed by atoms with E-state index in [1.54, 1.807) is 4.90 Å². The fourth-order valence-electron chi connectivity index (χ4n) is 3.30. The molecule has 2 heterocycles. The Morgan fingerprint density at radius 2 is 2.19 bits per heavy atom. The molecular formula is C20H26ClN3O2. The molecule has 0 radical (unpaired) electrons. The third kappa shape index (κ3) is 4.04. The zero-order valence-corrected chi connectivity index (χ0v) is 16.3. The molecule has 0 aliphatic carbocycles. The average Bonchev–Trinajstić information content (AvgIpc) is 3.16. The zero-order chi connectivity index (χ0) is 18.9. The van der Waals surface area contributed by atoms with Crippen LogP contribution in [0, 0.1) is 5.92 Å². The summed E-state index contributed by atoms with van der Waals surface area (Å²) in [7, 11) is 0. The molecule has 5 nitrogen and oxygen atoms in total. The summed E-state index contributed by atoms with van der Waals surface area (Å²) in [6.07, 6.45) is 3.86. The van der Waals surface area contributed by atoms with Crippen LogP contribution in [0.15, 0.2) is 24.4 Å². The summed E-state index contributed by atoms with van der Waals surface area (Å²) in [6.45, 7) is 7.15. The first-order valence-corrected chi connectivity index (χ1v) is 9.52. The Morgan fingerprint density at radius 1 is 1.42 bits per heavy atom. The van der Waals surface area contributed by atoms with Gasteiger partial charge in [-0.05, 0) is 50.5 Å². The predicted octanol–water partition coefficient (Wildman–Crippen LogP) is 3.52. The molecule has 1 aromatic carbocycles. The monoisotopic (exact) mass is 375 g/mol. The number of aromatic amines is 1. The molecule has 1 saturated heterocycles. The molecule has 3 rings (SSSR count). The number of hydrogen-bond acceptors (Lipinski definition) is 2. The van der Waals surface area contributed by atoms with Crippen LogP contribution in [0.2, 0.25) is 5.02 Å². The molecular weight excluding hydrogens is 350 g/mol. The maximum Gasteiger partial charge on any atom is 0.225 e. The molecule has 0 bridgehead atoms. The van der Waals surface area contributed by atoms with Crippen LogP contribution in [0.1, 0.15) is 39.2 Å². The minimum atomic E-state index is -0.259. The van der Waals surface area contributed by atoms with Crippen LogP contribution in [0.25, 0.3) is 10.9 Å². The van der Waals surface area contributed by atoms with Crippen molar-refractivity contribution >= 4 is 34.3 Å². The molecule has 1 aromatic heterocycles. The number of benzene rings is 1. The topological polar surface area (TPSA) is 65.2 Å². The normalized spacial score (nSPS) is 17.9. The number of fused-ring (bicyclic) bond motifs is 1. The Bertz CT molecular complexity index is 828. The van der Waals surface area contributed by atoms with Crippen molar-refractivity contribution in [2.75, 3.05) is 13.1 Å². The largest absolute Gasteiger partial charge is 0.361 e. The van der Waals surface area contributed by atoms with E-state index in [-0.39, 0.29) is 23.3 Å². The van der Waals surface area contributed by atoms with E-state index in [0.717, 1.165) is 29.3 Å². The van der Waals surface area contributed by atoms with E-state index in [1.165, 1.54) is 0 Å². The molecule has 26 heavy (non-hydrogen) atoms. The maximum absolute atomic E-state index is 12.4. The number of H-pyrrole nitrogens is 1. The molecule has 1 aliphatic rings. The van der Waals surface area contributed by atoms with Gasteiger partial charge in [0, 0.05) is 47.2 Å². The van der Waals surface area contributed by atoms with Crippen LogP contribution in [0.3, 0.4) is 0 Å². The third-order valence-corrected chi connectivity index (χ3v) is 5.55. The minimum absolute atomic E-state index is 0.0217. The molecule has 2 aromatic rings. The van der Waals surface area contributed by atoms with Gasteiger partial charge in [0.15, 0.2) is 0 Å². The fraction of sp³-hybridized carbons (Fsp3) is 0.500. The van der Waals surface area contributed by atoms with E-state index in [0.29, 0.717) is 24.5 Å². The van der Waals surface area contributed by atoms with Crippen LogP contribution in [-0.4, -0.2) is 40.3 Å². The predicted molar refractivity (Wildman–Crippen MR) is 104 cm³/mol. The van der Waals surface area contributed by atoms with Crippen molar-refractivity contribution < 1.29 is 9.59 Å². The smallest absolute Gasteiger partial charge is 0.225 e. The van der Waals surface area contributed by atoms with Gasteiger partial charge >= 0.3 is 0 Å². The summed E-state index contributed by atoms with van der Waals surface area (Å²) in [6, 6.07) is 5.75. The van der Waals surface area contributed by atoms with Crippen molar-refractivity contribution in [3.63, 3.8) is 0 Å². The van der Waals surface area contributed by atoms with Crippen molar-refractivity contribution in [3.8, 4) is 0 Å². The van der Waals surface area contributed by atoms with Gasteiger partial charge < -0.3 is 15.2 Å². The summed E-state index contributed by atoms with van der Waals surface area (Å²) in [5, 5.41) is 4.84. The van der Waals surface area contributed by atoms with Gasteiger partial charge in [0.25, 0.3) is 0 Å². The van der Waals surface area contributed by atoms with Crippen LogP contribution >= 0.6 is 11.6 Å². The summed E-state index contributed by atoms with van der Waals surface area (Å²) in [4.78, 5) is 29.8. The van der Waals surface area contributed by atoms with Gasteiger partial charge in [0.2, 0.25) is 11.8 Å². The lowest BCUT2D eigenvalue weighted by Crippen LogP contribution is -2.46. The van der Waals surface area contributed by atoms with Crippen molar-refractivity contribution in [2.24, 2.45) is 5.92 Å². The Labute approximate surface area is 159 Å². The number of amides is 2. The number of aromatic nitrogens is 1. The first-order valence-electron chi connectivity index (χ1n) is 9.14. The number of nitrogens with zero attached hydrogens (tertiary/aromatic N) is 1. The standard InChI is InChI=1S/C20H26ClN3O2/c1-4-20(2,3)23-19(26)14-9-18(25)24(12-14)8-7-13-11-22-17-6-5-15(21)10-16(13)17/h5-6,10-11,14,22H,4,7-9,12H2,1-3H3,(H,23,26). The van der Waals surface area contributed by atoms with E-state index in [2.05, 4.69) is 10.3 Å². The Hall–Kier alpha value is -2.01. The highest BCUT2D eigenvalue weighted by molar-refractivity contribution is 6.31. The molecule has 2 N–H and O–H groups in total.